The van der Waals surface area contributed by atoms with Crippen molar-refractivity contribution in [1.29, 1.82) is 0 Å². The zero-order valence-electron chi connectivity index (χ0n) is 41.6. The molecule has 2 amide bonds. The monoisotopic (exact) mass is 1050 g/mol. The SMILES string of the molecule is CC(=O)OCC1OC(OC(C)=O)C(OC(C)=O)C(OC(C)=O)C1OC1OC(COC(C)=O)C(OC(C)=O)C(OC2OC(COC(C)=O)C(OC(C)=O)C(OC(C)=O)C2N2C(=O)c3ccccc3C2=O)C1OC(C)=O. The Bertz CT molecular complexity index is 2320. The molecule has 0 aromatic heterocycles. The number of imide groups is 1. The molecule has 0 spiro atoms. The summed E-state index contributed by atoms with van der Waals surface area (Å²) in [5, 5.41) is 0. The quantitative estimate of drug-likeness (QED) is 0.101. The van der Waals surface area contributed by atoms with Gasteiger partial charge in [-0.05, 0) is 12.1 Å². The van der Waals surface area contributed by atoms with Crippen molar-refractivity contribution in [3.63, 3.8) is 0 Å². The molecule has 74 heavy (non-hydrogen) atoms. The molecule has 4 aliphatic heterocycles. The third-order valence-electron chi connectivity index (χ3n) is 11.0. The van der Waals surface area contributed by atoms with Crippen LogP contribution in [0.25, 0.3) is 0 Å². The Labute approximate surface area is 420 Å². The van der Waals surface area contributed by atoms with E-state index in [1.807, 2.05) is 0 Å². The van der Waals surface area contributed by atoms with Gasteiger partial charge in [-0.2, -0.15) is 0 Å². The van der Waals surface area contributed by atoms with Gasteiger partial charge in [0.25, 0.3) is 11.8 Å². The smallest absolute Gasteiger partial charge is 0.305 e. The van der Waals surface area contributed by atoms with E-state index in [-0.39, 0.29) is 11.1 Å². The number of hydrogen-bond acceptors (Lipinski definition) is 27. The number of esters is 10. The molecule has 3 fully saturated rings. The van der Waals surface area contributed by atoms with Crippen LogP contribution in [0, 0.1) is 0 Å². The third-order valence-corrected chi connectivity index (χ3v) is 11.0. The maximum atomic E-state index is 14.4. The molecule has 0 aliphatic carbocycles. The second-order valence-corrected chi connectivity index (χ2v) is 16.8. The summed E-state index contributed by atoms with van der Waals surface area (Å²) in [4.78, 5) is 156. The molecular weight excluding hydrogens is 998 g/mol. The summed E-state index contributed by atoms with van der Waals surface area (Å²) in [6.45, 7) is 7.28. The number of nitrogens with zero attached hydrogens (tertiary/aromatic N) is 1. The molecule has 1 aromatic carbocycles. The summed E-state index contributed by atoms with van der Waals surface area (Å²) >= 11 is 0. The molecule has 0 N–H and O–H groups in total. The molecule has 3 saturated heterocycles. The van der Waals surface area contributed by atoms with Gasteiger partial charge in [-0.3, -0.25) is 62.4 Å². The Morgan fingerprint density at radius 2 is 0.703 bits per heavy atom. The first kappa shape index (κ1) is 57.8. The molecule has 5 rings (SSSR count). The number of ether oxygens (including phenoxy) is 15. The molecule has 0 saturated carbocycles. The van der Waals surface area contributed by atoms with Crippen LogP contribution < -0.4 is 0 Å². The zero-order valence-corrected chi connectivity index (χ0v) is 41.6. The number of benzene rings is 1. The van der Waals surface area contributed by atoms with Crippen molar-refractivity contribution in [3.8, 4) is 0 Å². The average molecular weight is 1050 g/mol. The van der Waals surface area contributed by atoms with Crippen molar-refractivity contribution < 1.29 is 129 Å². The van der Waals surface area contributed by atoms with Crippen LogP contribution in [-0.2, 0) is 119 Å². The van der Waals surface area contributed by atoms with Crippen molar-refractivity contribution >= 4 is 71.5 Å². The molecular formula is C46H55NO27. The zero-order chi connectivity index (χ0) is 54.9. The molecule has 406 valence electrons. The molecule has 0 bridgehead atoms. The highest BCUT2D eigenvalue weighted by Crippen LogP contribution is 2.40. The lowest BCUT2D eigenvalue weighted by Crippen LogP contribution is -2.71. The minimum atomic E-state index is -2.20. The van der Waals surface area contributed by atoms with E-state index < -0.39 is 183 Å². The molecule has 28 heteroatoms. The summed E-state index contributed by atoms with van der Waals surface area (Å²) in [7, 11) is 0. The maximum Gasteiger partial charge on any atom is 0.305 e. The number of carbonyl (C=O) groups excluding carboxylic acids is 12. The van der Waals surface area contributed by atoms with E-state index >= 15 is 0 Å². The molecule has 4 aliphatic rings. The summed E-state index contributed by atoms with van der Waals surface area (Å²) < 4.78 is 86.7. The lowest BCUT2D eigenvalue weighted by atomic mass is 9.93. The van der Waals surface area contributed by atoms with Gasteiger partial charge in [0, 0.05) is 69.2 Å². The van der Waals surface area contributed by atoms with Crippen molar-refractivity contribution in [2.75, 3.05) is 19.8 Å². The molecule has 15 atom stereocenters. The topological polar surface area (TPSA) is 347 Å². The Balaban J connectivity index is 1.77. The van der Waals surface area contributed by atoms with Gasteiger partial charge in [0.2, 0.25) is 12.4 Å². The summed E-state index contributed by atoms with van der Waals surface area (Å²) in [6.07, 6.45) is -26.9. The molecule has 15 unspecified atom stereocenters. The van der Waals surface area contributed by atoms with E-state index in [4.69, 9.17) is 71.1 Å². The van der Waals surface area contributed by atoms with E-state index in [1.165, 1.54) is 24.3 Å². The van der Waals surface area contributed by atoms with E-state index in [9.17, 15) is 57.5 Å². The fourth-order valence-corrected chi connectivity index (χ4v) is 8.46. The Kier molecular flexibility index (Phi) is 19.7. The third kappa shape index (κ3) is 14.5. The fourth-order valence-electron chi connectivity index (χ4n) is 8.46. The lowest BCUT2D eigenvalue weighted by molar-refractivity contribution is -0.375. The first-order valence-electron chi connectivity index (χ1n) is 22.6. The largest absolute Gasteiger partial charge is 0.463 e. The van der Waals surface area contributed by atoms with Crippen molar-refractivity contribution in [2.24, 2.45) is 0 Å². The molecule has 0 radical (unpaired) electrons. The standard InChI is InChI=1S/C46H55NO27/c1-18(48)60-15-30-34(63-21(4)51)37(65-23(6)53)33(47-42(58)28-13-11-12-14-29(28)43(47)59)44(70-30)74-39-35(64-22(5)52)31(16-61-19(2)49)72-46(41(39)68-26(9)56)73-36-32(17-62-20(3)50)71-45(69-27(10)57)40(67-25(8)55)38(36)66-24(7)54/h11-14,30-41,44-46H,15-17H2,1-10H3. The van der Waals surface area contributed by atoms with Crippen LogP contribution in [0.3, 0.4) is 0 Å². The van der Waals surface area contributed by atoms with Crippen molar-refractivity contribution in [3.05, 3.63) is 35.4 Å². The van der Waals surface area contributed by atoms with Gasteiger partial charge in [0.1, 0.15) is 56.4 Å². The second kappa shape index (κ2) is 25.2. The number of carbonyl (C=O) groups is 12. The van der Waals surface area contributed by atoms with E-state index in [1.54, 1.807) is 0 Å². The predicted octanol–water partition coefficient (Wildman–Crippen LogP) is -0.561. The summed E-state index contributed by atoms with van der Waals surface area (Å²) in [6, 6.07) is 3.49. The highest BCUT2D eigenvalue weighted by Gasteiger charge is 2.62. The van der Waals surface area contributed by atoms with Gasteiger partial charge in [-0.1, -0.05) is 12.1 Å². The van der Waals surface area contributed by atoms with Gasteiger partial charge in [-0.25, -0.2) is 0 Å². The summed E-state index contributed by atoms with van der Waals surface area (Å²) in [5.74, 6) is -12.0. The van der Waals surface area contributed by atoms with Crippen LogP contribution in [0.4, 0.5) is 0 Å². The van der Waals surface area contributed by atoms with Crippen molar-refractivity contribution in [2.45, 2.75) is 161 Å². The highest BCUT2D eigenvalue weighted by atomic mass is 16.8. The van der Waals surface area contributed by atoms with Gasteiger partial charge in [0.15, 0.2) is 43.1 Å². The number of amides is 2. The van der Waals surface area contributed by atoms with Crippen LogP contribution in [0.1, 0.15) is 90.0 Å². The maximum absolute atomic E-state index is 14.4. The minimum absolute atomic E-state index is 0.149. The molecule has 1 aromatic rings. The second-order valence-electron chi connectivity index (χ2n) is 16.8. The fraction of sp³-hybridized carbons (Fsp3) is 0.609. The Morgan fingerprint density at radius 1 is 0.378 bits per heavy atom. The average Bonchev–Trinajstić information content (AvgIpc) is 3.53. The van der Waals surface area contributed by atoms with Gasteiger partial charge >= 0.3 is 59.7 Å². The van der Waals surface area contributed by atoms with Gasteiger partial charge < -0.3 is 71.1 Å². The van der Waals surface area contributed by atoms with E-state index in [0.29, 0.717) is 4.90 Å². The Hall–Kier alpha value is -7.14. The van der Waals surface area contributed by atoms with E-state index in [2.05, 4.69) is 0 Å². The van der Waals surface area contributed by atoms with Crippen LogP contribution in [0.2, 0.25) is 0 Å². The number of hydrogen-bond donors (Lipinski definition) is 0. The van der Waals surface area contributed by atoms with E-state index in [0.717, 1.165) is 69.2 Å². The van der Waals surface area contributed by atoms with Crippen LogP contribution >= 0.6 is 0 Å². The predicted molar refractivity (Wildman–Crippen MR) is 231 cm³/mol. The van der Waals surface area contributed by atoms with Crippen LogP contribution in [0.15, 0.2) is 24.3 Å². The van der Waals surface area contributed by atoms with Crippen molar-refractivity contribution in [1.82, 2.24) is 4.90 Å². The minimum Gasteiger partial charge on any atom is -0.463 e. The van der Waals surface area contributed by atoms with Crippen LogP contribution in [0.5, 0.6) is 0 Å². The Morgan fingerprint density at radius 3 is 1.12 bits per heavy atom. The van der Waals surface area contributed by atoms with Gasteiger partial charge in [-0.15, -0.1) is 0 Å². The normalized spacial score (nSPS) is 30.3. The first-order chi connectivity index (χ1) is 34.8. The molecule has 28 nitrogen and oxygen atoms in total. The first-order valence-corrected chi connectivity index (χ1v) is 22.6. The number of rotatable bonds is 18. The number of fused-ring (bicyclic) bond motifs is 1. The summed E-state index contributed by atoms with van der Waals surface area (Å²) in [5.41, 5.74) is -0.299. The molecule has 4 heterocycles. The van der Waals surface area contributed by atoms with Gasteiger partial charge in [0.05, 0.1) is 11.1 Å². The van der Waals surface area contributed by atoms with Crippen LogP contribution in [-0.4, -0.2) is 188 Å². The lowest BCUT2D eigenvalue weighted by Gasteiger charge is -2.51. The highest BCUT2D eigenvalue weighted by molar-refractivity contribution is 6.21.